The summed E-state index contributed by atoms with van der Waals surface area (Å²) >= 11 is 1.84. The number of nitrogens with zero attached hydrogens (tertiary/aromatic N) is 1. The molecular weight excluding hydrogens is 490 g/mol. The summed E-state index contributed by atoms with van der Waals surface area (Å²) in [4.78, 5) is 25.0. The molecule has 0 aliphatic heterocycles. The third-order valence-electron chi connectivity index (χ3n) is 5.04. The van der Waals surface area contributed by atoms with Gasteiger partial charge in [-0.05, 0) is 32.4 Å². The van der Waals surface area contributed by atoms with Gasteiger partial charge in [0.25, 0.3) is 0 Å². The molecule has 0 radical (unpaired) electrons. The Hall–Kier alpha value is -1.11. The minimum absolute atomic E-state index is 0.190. The van der Waals surface area contributed by atoms with Gasteiger partial charge in [0.1, 0.15) is 13.2 Å². The number of carbonyl (C=O) groups is 2. The maximum absolute atomic E-state index is 12.1. The van der Waals surface area contributed by atoms with Gasteiger partial charge in [0.05, 0.1) is 66.1 Å². The number of rotatable bonds is 26. The molecule has 0 N–H and O–H groups in total. The van der Waals surface area contributed by atoms with Crippen molar-refractivity contribution < 1.29 is 42.7 Å². The van der Waals surface area contributed by atoms with E-state index in [1.54, 1.807) is 4.90 Å². The second-order valence-electron chi connectivity index (χ2n) is 7.78. The summed E-state index contributed by atoms with van der Waals surface area (Å²) in [5, 5.41) is 0.570. The monoisotopic (exact) mass is 539 g/mol. The fourth-order valence-corrected chi connectivity index (χ4v) is 3.59. The Morgan fingerprint density at radius 1 is 0.694 bits per heavy atom. The minimum Gasteiger partial charge on any atom is -0.463 e. The largest absolute Gasteiger partial charge is 0.463 e. The number of ether oxygens (including phenoxy) is 7. The highest BCUT2D eigenvalue weighted by atomic mass is 32.2. The second-order valence-corrected chi connectivity index (χ2v) is 8.92. The molecule has 0 aromatic rings. The molecule has 0 saturated heterocycles. The highest BCUT2D eigenvalue weighted by Gasteiger charge is 2.14. The van der Waals surface area contributed by atoms with Crippen LogP contribution in [-0.4, -0.2) is 121 Å². The van der Waals surface area contributed by atoms with E-state index in [0.717, 1.165) is 19.3 Å². The van der Waals surface area contributed by atoms with Crippen LogP contribution in [0, 0.1) is 0 Å². The lowest BCUT2D eigenvalue weighted by molar-refractivity contribution is -0.145. The van der Waals surface area contributed by atoms with Gasteiger partial charge >= 0.3 is 12.1 Å². The summed E-state index contributed by atoms with van der Waals surface area (Å²) in [6.07, 6.45) is 5.12. The van der Waals surface area contributed by atoms with E-state index in [0.29, 0.717) is 90.8 Å². The van der Waals surface area contributed by atoms with Gasteiger partial charge in [0.2, 0.25) is 0 Å². The van der Waals surface area contributed by atoms with Crippen LogP contribution >= 0.6 is 11.8 Å². The zero-order chi connectivity index (χ0) is 26.7. The minimum atomic E-state index is -0.285. The van der Waals surface area contributed by atoms with E-state index in [1.807, 2.05) is 25.6 Å². The first-order valence-corrected chi connectivity index (χ1v) is 14.4. The molecule has 0 aromatic carbocycles. The molecule has 0 spiro atoms. The van der Waals surface area contributed by atoms with Gasteiger partial charge in [-0.15, -0.1) is 0 Å². The molecule has 1 amide bonds. The second kappa shape index (κ2) is 26.9. The van der Waals surface area contributed by atoms with Crippen LogP contribution in [0.5, 0.6) is 0 Å². The fraction of sp³-hybridized carbons (Fsp3) is 0.920. The standard InChI is InChI=1S/C25H49NO9S/c1-5-8-24(27)34-21-19-32-17-15-30-13-11-29-12-14-31-16-18-33-20-22-35-25(28)26(7-3)10-9-23(6-2)36-4/h23H,5-22H2,1-4H3. The molecule has 0 aliphatic carbocycles. The number of carbonyl (C=O) groups excluding carboxylic acids is 2. The van der Waals surface area contributed by atoms with Gasteiger partial charge in [0.15, 0.2) is 0 Å². The predicted molar refractivity (Wildman–Crippen MR) is 141 cm³/mol. The first kappa shape index (κ1) is 34.9. The van der Waals surface area contributed by atoms with Gasteiger partial charge in [-0.1, -0.05) is 13.8 Å². The van der Waals surface area contributed by atoms with Crippen molar-refractivity contribution in [2.75, 3.05) is 98.6 Å². The predicted octanol–water partition coefficient (Wildman–Crippen LogP) is 3.40. The Morgan fingerprint density at radius 3 is 1.53 bits per heavy atom. The highest BCUT2D eigenvalue weighted by Crippen LogP contribution is 2.15. The average molecular weight is 540 g/mol. The fourth-order valence-electron chi connectivity index (χ4n) is 2.92. The topological polar surface area (TPSA) is 102 Å². The third-order valence-corrected chi connectivity index (χ3v) is 6.27. The average Bonchev–Trinajstić information content (AvgIpc) is 2.88. The van der Waals surface area contributed by atoms with Crippen molar-refractivity contribution in [2.24, 2.45) is 0 Å². The van der Waals surface area contributed by atoms with Crippen LogP contribution in [0.25, 0.3) is 0 Å². The Labute approximate surface area is 221 Å². The SMILES string of the molecule is CCCC(=O)OCCOCCOCCOCCOCCOCCOC(=O)N(CC)CCC(CC)SC. The molecule has 0 aromatic heterocycles. The summed E-state index contributed by atoms with van der Waals surface area (Å²) in [7, 11) is 0. The van der Waals surface area contributed by atoms with Crippen molar-refractivity contribution in [3.8, 4) is 0 Å². The molecule has 1 atom stereocenters. The van der Waals surface area contributed by atoms with Crippen molar-refractivity contribution in [1.82, 2.24) is 4.90 Å². The molecule has 11 heteroatoms. The maximum atomic E-state index is 12.1. The molecule has 0 bridgehead atoms. The summed E-state index contributed by atoms with van der Waals surface area (Å²) in [5.74, 6) is -0.190. The van der Waals surface area contributed by atoms with Gasteiger partial charge < -0.3 is 38.1 Å². The summed E-state index contributed by atoms with van der Waals surface area (Å²) in [5.41, 5.74) is 0. The first-order valence-electron chi connectivity index (χ1n) is 13.1. The molecule has 1 unspecified atom stereocenters. The Kier molecular flexibility index (Phi) is 26.1. The number of thioether (sulfide) groups is 1. The van der Waals surface area contributed by atoms with Crippen molar-refractivity contribution in [3.05, 3.63) is 0 Å². The van der Waals surface area contributed by atoms with Crippen LogP contribution in [-0.2, 0) is 38.0 Å². The zero-order valence-corrected chi connectivity index (χ0v) is 23.7. The summed E-state index contributed by atoms with van der Waals surface area (Å²) in [6.45, 7) is 12.3. The Morgan fingerprint density at radius 2 is 1.14 bits per heavy atom. The molecule has 0 fully saturated rings. The number of hydrogen-bond acceptors (Lipinski definition) is 10. The van der Waals surface area contributed by atoms with Gasteiger partial charge in [0, 0.05) is 24.8 Å². The van der Waals surface area contributed by atoms with Crippen molar-refractivity contribution in [2.45, 2.75) is 51.7 Å². The van der Waals surface area contributed by atoms with Crippen LogP contribution in [0.4, 0.5) is 4.79 Å². The van der Waals surface area contributed by atoms with Crippen LogP contribution in [0.1, 0.15) is 46.5 Å². The normalized spacial score (nSPS) is 11.9. The van der Waals surface area contributed by atoms with E-state index in [2.05, 4.69) is 13.2 Å². The summed E-state index contributed by atoms with van der Waals surface area (Å²) < 4.78 is 37.3. The lowest BCUT2D eigenvalue weighted by Crippen LogP contribution is -2.34. The number of amides is 1. The smallest absolute Gasteiger partial charge is 0.409 e. The van der Waals surface area contributed by atoms with E-state index in [1.165, 1.54) is 0 Å². The summed E-state index contributed by atoms with van der Waals surface area (Å²) in [6, 6.07) is 0. The molecule has 10 nitrogen and oxygen atoms in total. The van der Waals surface area contributed by atoms with E-state index in [-0.39, 0.29) is 25.3 Å². The highest BCUT2D eigenvalue weighted by molar-refractivity contribution is 7.99. The number of hydrogen-bond donors (Lipinski definition) is 0. The van der Waals surface area contributed by atoms with E-state index in [9.17, 15) is 9.59 Å². The molecular formula is C25H49NO9S. The van der Waals surface area contributed by atoms with Crippen LogP contribution in [0.15, 0.2) is 0 Å². The van der Waals surface area contributed by atoms with Crippen molar-refractivity contribution in [3.63, 3.8) is 0 Å². The lowest BCUT2D eigenvalue weighted by atomic mass is 10.2. The Bertz CT molecular complexity index is 510. The van der Waals surface area contributed by atoms with Crippen LogP contribution in [0.3, 0.4) is 0 Å². The molecule has 36 heavy (non-hydrogen) atoms. The molecule has 214 valence electrons. The molecule has 0 rings (SSSR count). The Balaban J connectivity index is 3.36. The zero-order valence-electron chi connectivity index (χ0n) is 22.8. The third kappa shape index (κ3) is 22.1. The van der Waals surface area contributed by atoms with E-state index < -0.39 is 0 Å². The quantitative estimate of drug-likeness (QED) is 0.120. The van der Waals surface area contributed by atoms with Crippen LogP contribution < -0.4 is 0 Å². The van der Waals surface area contributed by atoms with Crippen molar-refractivity contribution >= 4 is 23.8 Å². The van der Waals surface area contributed by atoms with Gasteiger partial charge in [-0.3, -0.25) is 4.79 Å². The molecule has 0 heterocycles. The lowest BCUT2D eigenvalue weighted by Gasteiger charge is -2.22. The molecule has 0 saturated carbocycles. The maximum Gasteiger partial charge on any atom is 0.409 e. The van der Waals surface area contributed by atoms with E-state index >= 15 is 0 Å². The van der Waals surface area contributed by atoms with Crippen LogP contribution in [0.2, 0.25) is 0 Å². The number of esters is 1. The van der Waals surface area contributed by atoms with Gasteiger partial charge in [-0.25, -0.2) is 4.79 Å². The van der Waals surface area contributed by atoms with Crippen molar-refractivity contribution in [1.29, 1.82) is 0 Å². The van der Waals surface area contributed by atoms with E-state index in [4.69, 9.17) is 33.2 Å². The van der Waals surface area contributed by atoms with Gasteiger partial charge in [-0.2, -0.15) is 11.8 Å². The molecule has 0 aliphatic rings. The first-order chi connectivity index (χ1) is 17.6.